The summed E-state index contributed by atoms with van der Waals surface area (Å²) in [7, 11) is 0. The Labute approximate surface area is 194 Å². The molecule has 0 N–H and O–H groups in total. The summed E-state index contributed by atoms with van der Waals surface area (Å²) in [5.41, 5.74) is -1.08. The summed E-state index contributed by atoms with van der Waals surface area (Å²) in [6.07, 6.45) is -0.850. The second-order valence-corrected chi connectivity index (χ2v) is 9.61. The van der Waals surface area contributed by atoms with Crippen LogP contribution in [0.15, 0.2) is 28.8 Å². The molecule has 0 spiro atoms. The van der Waals surface area contributed by atoms with Crippen molar-refractivity contribution >= 4 is 5.91 Å². The van der Waals surface area contributed by atoms with Gasteiger partial charge in [-0.15, -0.1) is 0 Å². The minimum atomic E-state index is -4.17. The van der Waals surface area contributed by atoms with Gasteiger partial charge in [-0.25, -0.2) is 4.39 Å². The van der Waals surface area contributed by atoms with Crippen molar-refractivity contribution in [2.45, 2.75) is 56.8 Å². The Morgan fingerprint density at radius 3 is 2.41 bits per heavy atom. The molecule has 3 aliphatic rings. The van der Waals surface area contributed by atoms with Gasteiger partial charge in [0.25, 0.3) is 5.91 Å². The number of hydrogen-bond donors (Lipinski definition) is 0. The van der Waals surface area contributed by atoms with Gasteiger partial charge in [0.2, 0.25) is 5.76 Å². The first kappa shape index (κ1) is 22.8. The summed E-state index contributed by atoms with van der Waals surface area (Å²) >= 11 is 0. The van der Waals surface area contributed by atoms with Crippen LogP contribution < -0.4 is 0 Å². The van der Waals surface area contributed by atoms with E-state index < -0.39 is 17.4 Å². The van der Waals surface area contributed by atoms with E-state index in [1.165, 1.54) is 18.2 Å². The fourth-order valence-corrected chi connectivity index (χ4v) is 4.87. The van der Waals surface area contributed by atoms with Crippen LogP contribution in [-0.2, 0) is 0 Å². The van der Waals surface area contributed by atoms with Crippen LogP contribution in [0.3, 0.4) is 0 Å². The molecule has 1 aliphatic heterocycles. The number of benzene rings is 1. The predicted octanol–water partition coefficient (Wildman–Crippen LogP) is 4.76. The Balaban J connectivity index is 1.26. The Hall–Kier alpha value is -2.93. The van der Waals surface area contributed by atoms with Gasteiger partial charge in [-0.2, -0.15) is 18.4 Å². The Morgan fingerprint density at radius 1 is 1.18 bits per heavy atom. The van der Waals surface area contributed by atoms with Gasteiger partial charge in [0.15, 0.2) is 0 Å². The van der Waals surface area contributed by atoms with E-state index in [1.807, 2.05) is 11.0 Å². The summed E-state index contributed by atoms with van der Waals surface area (Å²) < 4.78 is 59.6. The molecule has 180 valence electrons. The third-order valence-electron chi connectivity index (χ3n) is 7.20. The maximum absolute atomic E-state index is 14.3. The van der Waals surface area contributed by atoms with Crippen LogP contribution in [0.2, 0.25) is 0 Å². The van der Waals surface area contributed by atoms with E-state index in [9.17, 15) is 22.4 Å². The van der Waals surface area contributed by atoms with Crippen LogP contribution in [0.1, 0.15) is 54.6 Å². The predicted molar refractivity (Wildman–Crippen MR) is 113 cm³/mol. The molecular formula is C24H24F4N4O2. The second kappa shape index (κ2) is 8.38. The van der Waals surface area contributed by atoms with Crippen LogP contribution in [0.25, 0.3) is 11.3 Å². The third kappa shape index (κ3) is 4.29. The van der Waals surface area contributed by atoms with Crippen LogP contribution in [-0.4, -0.2) is 58.8 Å². The number of piperidine rings is 1. The summed E-state index contributed by atoms with van der Waals surface area (Å²) in [5.74, 6) is -0.963. The zero-order chi connectivity index (χ0) is 24.1. The van der Waals surface area contributed by atoms with Gasteiger partial charge in [0.05, 0.1) is 17.0 Å². The molecule has 0 atom stereocenters. The molecule has 6 nitrogen and oxygen atoms in total. The van der Waals surface area contributed by atoms with E-state index in [0.717, 1.165) is 18.9 Å². The second-order valence-electron chi connectivity index (χ2n) is 9.61. The molecule has 1 saturated heterocycles. The zero-order valence-corrected chi connectivity index (χ0v) is 18.4. The highest BCUT2D eigenvalue weighted by molar-refractivity contribution is 5.93. The number of nitrogens with zero attached hydrogens (tertiary/aromatic N) is 4. The van der Waals surface area contributed by atoms with Gasteiger partial charge in [0.1, 0.15) is 11.5 Å². The molecule has 1 aromatic heterocycles. The first-order chi connectivity index (χ1) is 16.2. The molecule has 2 aromatic rings. The number of alkyl halides is 3. The number of carbonyl (C=O) groups is 1. The molecule has 34 heavy (non-hydrogen) atoms. The van der Waals surface area contributed by atoms with Crippen molar-refractivity contribution in [1.29, 1.82) is 5.26 Å². The highest BCUT2D eigenvalue weighted by Crippen LogP contribution is 2.58. The van der Waals surface area contributed by atoms with Gasteiger partial charge in [-0.3, -0.25) is 4.79 Å². The SMILES string of the molecule is N#Cc1ccc(-c2cc(C(=O)N(C3CC3)C3CCN(CC4(C(F)(F)F)CC4)CC3)on2)c(F)c1. The molecule has 0 bridgehead atoms. The van der Waals surface area contributed by atoms with E-state index in [-0.39, 0.29) is 60.0 Å². The number of likely N-dealkylation sites (tertiary alicyclic amines) is 1. The van der Waals surface area contributed by atoms with Crippen molar-refractivity contribution in [3.8, 4) is 17.3 Å². The number of amides is 1. The van der Waals surface area contributed by atoms with Crippen LogP contribution in [0.5, 0.6) is 0 Å². The molecule has 1 aromatic carbocycles. The zero-order valence-electron chi connectivity index (χ0n) is 18.4. The van der Waals surface area contributed by atoms with Crippen molar-refractivity contribution in [2.75, 3.05) is 19.6 Å². The molecule has 2 heterocycles. The average Bonchev–Trinajstić information content (AvgIpc) is 3.73. The summed E-state index contributed by atoms with van der Waals surface area (Å²) in [4.78, 5) is 17.0. The van der Waals surface area contributed by atoms with Gasteiger partial charge in [0, 0.05) is 43.3 Å². The monoisotopic (exact) mass is 476 g/mol. The van der Waals surface area contributed by atoms with Gasteiger partial charge in [-0.1, -0.05) is 5.16 Å². The van der Waals surface area contributed by atoms with E-state index in [4.69, 9.17) is 9.78 Å². The Morgan fingerprint density at radius 2 is 1.85 bits per heavy atom. The minimum Gasteiger partial charge on any atom is -0.350 e. The maximum Gasteiger partial charge on any atom is 0.395 e. The number of rotatable bonds is 6. The van der Waals surface area contributed by atoms with Crippen molar-refractivity contribution in [3.63, 3.8) is 0 Å². The third-order valence-corrected chi connectivity index (χ3v) is 7.20. The minimum absolute atomic E-state index is 0.00194. The molecular weight excluding hydrogens is 452 g/mol. The lowest BCUT2D eigenvalue weighted by Gasteiger charge is -2.39. The molecule has 5 rings (SSSR count). The van der Waals surface area contributed by atoms with Crippen molar-refractivity contribution < 1.29 is 26.9 Å². The lowest BCUT2D eigenvalue weighted by Crippen LogP contribution is -2.50. The lowest BCUT2D eigenvalue weighted by atomic mass is 9.99. The fraction of sp³-hybridized carbons (Fsp3) is 0.542. The normalized spacial score (nSPS) is 20.7. The molecule has 0 unspecified atom stereocenters. The molecule has 2 aliphatic carbocycles. The Bertz CT molecular complexity index is 1120. The van der Waals surface area contributed by atoms with Gasteiger partial charge in [-0.05, 0) is 56.7 Å². The molecule has 2 saturated carbocycles. The summed E-state index contributed by atoms with van der Waals surface area (Å²) in [6.45, 7) is 1.05. The Kier molecular flexibility index (Phi) is 5.63. The van der Waals surface area contributed by atoms with Crippen LogP contribution >= 0.6 is 0 Å². The number of halogens is 4. The van der Waals surface area contributed by atoms with Crippen molar-refractivity contribution in [1.82, 2.24) is 15.0 Å². The maximum atomic E-state index is 14.3. The van der Waals surface area contributed by atoms with E-state index in [0.29, 0.717) is 25.9 Å². The fourth-order valence-electron chi connectivity index (χ4n) is 4.87. The lowest BCUT2D eigenvalue weighted by molar-refractivity contribution is -0.192. The van der Waals surface area contributed by atoms with Crippen LogP contribution in [0, 0.1) is 22.6 Å². The summed E-state index contributed by atoms with van der Waals surface area (Å²) in [6, 6.07) is 7.23. The van der Waals surface area contributed by atoms with E-state index in [2.05, 4.69) is 5.16 Å². The molecule has 10 heteroatoms. The summed E-state index contributed by atoms with van der Waals surface area (Å²) in [5, 5.41) is 12.8. The first-order valence-corrected chi connectivity index (χ1v) is 11.5. The van der Waals surface area contributed by atoms with Gasteiger partial charge >= 0.3 is 6.18 Å². The molecule has 1 amide bonds. The number of carbonyl (C=O) groups excluding carboxylic acids is 1. The first-order valence-electron chi connectivity index (χ1n) is 11.5. The van der Waals surface area contributed by atoms with E-state index >= 15 is 0 Å². The number of hydrogen-bond acceptors (Lipinski definition) is 5. The smallest absolute Gasteiger partial charge is 0.350 e. The molecule has 3 fully saturated rings. The van der Waals surface area contributed by atoms with Crippen molar-refractivity contribution in [3.05, 3.63) is 41.4 Å². The van der Waals surface area contributed by atoms with Crippen molar-refractivity contribution in [2.24, 2.45) is 5.41 Å². The highest BCUT2D eigenvalue weighted by atomic mass is 19.4. The van der Waals surface area contributed by atoms with E-state index in [1.54, 1.807) is 4.90 Å². The number of aromatic nitrogens is 1. The van der Waals surface area contributed by atoms with Crippen LogP contribution in [0.4, 0.5) is 17.6 Å². The average molecular weight is 476 g/mol. The highest BCUT2D eigenvalue weighted by Gasteiger charge is 2.63. The standard InChI is InChI=1S/C24H24F4N4O2/c25-19-11-15(13-29)1-4-18(19)20-12-21(34-30-20)22(33)32(16-2-3-16)17-5-9-31(10-6-17)14-23(7-8-23)24(26,27)28/h1,4,11-12,16-17H,2-3,5-10,14H2. The number of nitriles is 1. The topological polar surface area (TPSA) is 73.4 Å². The van der Waals surface area contributed by atoms with Gasteiger partial charge < -0.3 is 14.3 Å². The molecule has 0 radical (unpaired) electrons. The quantitative estimate of drug-likeness (QED) is 0.562. The largest absolute Gasteiger partial charge is 0.395 e.